The molecule has 0 fully saturated rings. The molecule has 2 aromatic rings. The molecule has 3 nitrogen and oxygen atoms in total. The van der Waals surface area contributed by atoms with Gasteiger partial charge in [-0.1, -0.05) is 18.2 Å². The van der Waals surface area contributed by atoms with Crippen LogP contribution in [-0.4, -0.2) is 15.6 Å². The van der Waals surface area contributed by atoms with Crippen LogP contribution in [0.5, 0.6) is 0 Å². The van der Waals surface area contributed by atoms with E-state index >= 15 is 0 Å². The van der Waals surface area contributed by atoms with Crippen LogP contribution in [0.25, 0.3) is 10.9 Å². The molecule has 0 radical (unpaired) electrons. The summed E-state index contributed by atoms with van der Waals surface area (Å²) in [5.74, 6) is -4.87. The summed E-state index contributed by atoms with van der Waals surface area (Å²) in [6, 6.07) is 6.76. The number of alkyl halides is 2. The lowest BCUT2D eigenvalue weighted by molar-refractivity contribution is -0.145. The number of para-hydroxylation sites is 1. The molecular formula is C13H13F2NO2. The fourth-order valence-electron chi connectivity index (χ4n) is 2.26. The Balaban J connectivity index is 2.71. The van der Waals surface area contributed by atoms with Crippen LogP contribution in [0.2, 0.25) is 0 Å². The molecule has 96 valence electrons. The number of aryl methyl sites for hydroxylation is 1. The van der Waals surface area contributed by atoms with Gasteiger partial charge in [-0.2, -0.15) is 0 Å². The van der Waals surface area contributed by atoms with Crippen molar-refractivity contribution < 1.29 is 18.7 Å². The number of hydrogen-bond acceptors (Lipinski definition) is 1. The van der Waals surface area contributed by atoms with Crippen LogP contribution >= 0.6 is 0 Å². The molecule has 5 heteroatoms. The maximum absolute atomic E-state index is 14.0. The van der Waals surface area contributed by atoms with Gasteiger partial charge in [0.25, 0.3) is 5.92 Å². The zero-order chi connectivity index (χ0) is 13.5. The first-order chi connectivity index (χ1) is 8.34. The molecule has 1 N–H and O–H groups in total. The maximum atomic E-state index is 14.0. The van der Waals surface area contributed by atoms with Crippen LogP contribution in [0.3, 0.4) is 0 Å². The highest BCUT2D eigenvalue weighted by Gasteiger charge is 2.39. The molecule has 18 heavy (non-hydrogen) atoms. The Morgan fingerprint density at radius 1 is 1.39 bits per heavy atom. The van der Waals surface area contributed by atoms with Crippen LogP contribution in [0.1, 0.15) is 17.7 Å². The Hall–Kier alpha value is -1.91. The lowest BCUT2D eigenvalue weighted by Crippen LogP contribution is -2.19. The van der Waals surface area contributed by atoms with Crippen molar-refractivity contribution in [3.8, 4) is 0 Å². The predicted octanol–water partition coefficient (Wildman–Crippen LogP) is 3.05. The summed E-state index contributed by atoms with van der Waals surface area (Å²) in [7, 11) is 1.69. The summed E-state index contributed by atoms with van der Waals surface area (Å²) in [6.07, 6.45) is -1.19. The number of hydrogen-bond donors (Lipinski definition) is 1. The average molecular weight is 253 g/mol. The second-order valence-corrected chi connectivity index (χ2v) is 4.31. The second kappa shape index (κ2) is 4.08. The van der Waals surface area contributed by atoms with Crippen LogP contribution < -0.4 is 0 Å². The zero-order valence-corrected chi connectivity index (χ0v) is 10.1. The fraction of sp³-hybridized carbons (Fsp3) is 0.308. The molecule has 0 unspecified atom stereocenters. The van der Waals surface area contributed by atoms with Crippen LogP contribution in [-0.2, 0) is 17.8 Å². The molecule has 1 aromatic carbocycles. The largest absolute Gasteiger partial charge is 0.481 e. The first kappa shape index (κ1) is 12.5. The number of nitrogens with zero attached hydrogens (tertiary/aromatic N) is 1. The number of rotatable bonds is 3. The van der Waals surface area contributed by atoms with E-state index in [0.29, 0.717) is 16.6 Å². The van der Waals surface area contributed by atoms with Crippen molar-refractivity contribution >= 4 is 16.9 Å². The third kappa shape index (κ3) is 1.85. The van der Waals surface area contributed by atoms with Gasteiger partial charge in [-0.3, -0.25) is 4.79 Å². The third-order valence-electron chi connectivity index (χ3n) is 3.14. The summed E-state index contributed by atoms with van der Waals surface area (Å²) in [5, 5.41) is 9.00. The van der Waals surface area contributed by atoms with Gasteiger partial charge in [-0.15, -0.1) is 0 Å². The minimum atomic E-state index is -3.36. The van der Waals surface area contributed by atoms with Gasteiger partial charge in [0.15, 0.2) is 0 Å². The van der Waals surface area contributed by atoms with Crippen molar-refractivity contribution in [2.24, 2.45) is 7.05 Å². The second-order valence-electron chi connectivity index (χ2n) is 4.31. The third-order valence-corrected chi connectivity index (χ3v) is 3.14. The zero-order valence-electron chi connectivity index (χ0n) is 10.1. The van der Waals surface area contributed by atoms with Crippen molar-refractivity contribution in [2.45, 2.75) is 19.3 Å². The predicted molar refractivity (Wildman–Crippen MR) is 63.8 cm³/mol. The van der Waals surface area contributed by atoms with E-state index in [1.807, 2.05) is 0 Å². The van der Waals surface area contributed by atoms with E-state index in [1.165, 1.54) is 0 Å². The Bertz CT molecular complexity index is 617. The highest BCUT2D eigenvalue weighted by atomic mass is 19.3. The number of aliphatic carboxylic acids is 1. The van der Waals surface area contributed by atoms with E-state index in [9.17, 15) is 13.6 Å². The topological polar surface area (TPSA) is 42.2 Å². The first-order valence-electron chi connectivity index (χ1n) is 5.48. The number of fused-ring (bicyclic) bond motifs is 1. The molecule has 0 atom stereocenters. The normalized spacial score (nSPS) is 12.0. The molecule has 0 aliphatic heterocycles. The van der Waals surface area contributed by atoms with Crippen molar-refractivity contribution in [1.29, 1.82) is 0 Å². The highest BCUT2D eigenvalue weighted by Crippen LogP contribution is 2.39. The molecule has 1 aromatic heterocycles. The number of benzene rings is 1. The summed E-state index contributed by atoms with van der Waals surface area (Å²) in [5.41, 5.74) is 0.875. The van der Waals surface area contributed by atoms with Gasteiger partial charge in [-0.25, -0.2) is 8.78 Å². The Morgan fingerprint density at radius 2 is 2.00 bits per heavy atom. The van der Waals surface area contributed by atoms with Gasteiger partial charge >= 0.3 is 5.97 Å². The van der Waals surface area contributed by atoms with E-state index in [4.69, 9.17) is 5.11 Å². The monoisotopic (exact) mass is 253 g/mol. The van der Waals surface area contributed by atoms with Crippen LogP contribution in [0.4, 0.5) is 8.78 Å². The molecule has 0 spiro atoms. The standard InChI is InChI=1S/C13H13F2NO2/c1-8-12(13(14,15)7-11(17)18)9-5-3-4-6-10(9)16(8)2/h3-6H,7H2,1-2H3,(H,17,18). The van der Waals surface area contributed by atoms with Crippen molar-refractivity contribution in [3.63, 3.8) is 0 Å². The van der Waals surface area contributed by atoms with Gasteiger partial charge in [0.2, 0.25) is 0 Å². The lowest BCUT2D eigenvalue weighted by Gasteiger charge is -2.15. The number of carbonyl (C=O) groups is 1. The molecule has 0 bridgehead atoms. The van der Waals surface area contributed by atoms with Crippen molar-refractivity contribution in [1.82, 2.24) is 4.57 Å². The smallest absolute Gasteiger partial charge is 0.309 e. The minimum absolute atomic E-state index is 0.192. The number of aromatic nitrogens is 1. The SMILES string of the molecule is Cc1c(C(F)(F)CC(=O)O)c2ccccc2n1C. The molecule has 2 rings (SSSR count). The average Bonchev–Trinajstić information content (AvgIpc) is 2.51. The van der Waals surface area contributed by atoms with Gasteiger partial charge < -0.3 is 9.67 Å². The molecule has 0 amide bonds. The lowest BCUT2D eigenvalue weighted by atomic mass is 10.0. The van der Waals surface area contributed by atoms with E-state index in [2.05, 4.69) is 0 Å². The summed E-state index contributed by atoms with van der Waals surface area (Å²) < 4.78 is 29.7. The van der Waals surface area contributed by atoms with Gasteiger partial charge in [0.05, 0.1) is 0 Å². The molecule has 1 heterocycles. The highest BCUT2D eigenvalue weighted by molar-refractivity contribution is 5.86. The molecule has 0 saturated carbocycles. The molecule has 0 aliphatic carbocycles. The van der Waals surface area contributed by atoms with Gasteiger partial charge in [-0.05, 0) is 13.0 Å². The summed E-state index contributed by atoms with van der Waals surface area (Å²) >= 11 is 0. The van der Waals surface area contributed by atoms with E-state index in [0.717, 1.165) is 0 Å². The quantitative estimate of drug-likeness (QED) is 0.913. The number of carboxylic acids is 1. The van der Waals surface area contributed by atoms with E-state index < -0.39 is 18.3 Å². The Morgan fingerprint density at radius 3 is 2.61 bits per heavy atom. The van der Waals surface area contributed by atoms with Gasteiger partial charge in [0.1, 0.15) is 6.42 Å². The maximum Gasteiger partial charge on any atom is 0.309 e. The molecule has 0 saturated heterocycles. The minimum Gasteiger partial charge on any atom is -0.481 e. The molecular weight excluding hydrogens is 240 g/mol. The first-order valence-corrected chi connectivity index (χ1v) is 5.48. The Labute approximate surface area is 103 Å². The van der Waals surface area contributed by atoms with Gasteiger partial charge in [0, 0.05) is 29.2 Å². The van der Waals surface area contributed by atoms with E-state index in [-0.39, 0.29) is 5.56 Å². The number of carboxylic acid groups (broad SMARTS) is 1. The van der Waals surface area contributed by atoms with Crippen molar-refractivity contribution in [3.05, 3.63) is 35.5 Å². The summed E-state index contributed by atoms with van der Waals surface area (Å²) in [6.45, 7) is 1.57. The van der Waals surface area contributed by atoms with Crippen LogP contribution in [0, 0.1) is 6.92 Å². The Kier molecular flexibility index (Phi) is 2.84. The van der Waals surface area contributed by atoms with Crippen LogP contribution in [0.15, 0.2) is 24.3 Å². The fourth-order valence-corrected chi connectivity index (χ4v) is 2.26. The molecule has 0 aliphatic rings. The summed E-state index contributed by atoms with van der Waals surface area (Å²) in [4.78, 5) is 10.6. The number of halogens is 2. The van der Waals surface area contributed by atoms with Crippen molar-refractivity contribution in [2.75, 3.05) is 0 Å². The van der Waals surface area contributed by atoms with E-state index in [1.54, 1.807) is 42.8 Å².